The summed E-state index contributed by atoms with van der Waals surface area (Å²) in [6, 6.07) is 6.46. The van der Waals surface area contributed by atoms with Crippen LogP contribution in [0.2, 0.25) is 0 Å². The molecule has 1 aromatic carbocycles. The summed E-state index contributed by atoms with van der Waals surface area (Å²) in [5.74, 6) is 0.264. The minimum absolute atomic E-state index is 0.221. The first-order valence-electron chi connectivity index (χ1n) is 6.66. The van der Waals surface area contributed by atoms with E-state index in [2.05, 4.69) is 30.2 Å². The molecule has 0 amide bonds. The second-order valence-corrected chi connectivity index (χ2v) is 5.85. The summed E-state index contributed by atoms with van der Waals surface area (Å²) < 4.78 is 12.9. The van der Waals surface area contributed by atoms with Crippen molar-refractivity contribution in [2.24, 2.45) is 5.92 Å². The minimum atomic E-state index is -0.221. The maximum atomic E-state index is 12.9. The minimum Gasteiger partial charge on any atom is -0.316 e. The third-order valence-corrected chi connectivity index (χ3v) is 3.98. The molecule has 2 nitrogen and oxygen atoms in total. The largest absolute Gasteiger partial charge is 0.316 e. The van der Waals surface area contributed by atoms with E-state index in [4.69, 9.17) is 0 Å². The van der Waals surface area contributed by atoms with E-state index >= 15 is 0 Å². The van der Waals surface area contributed by atoms with Crippen LogP contribution < -0.4 is 5.32 Å². The summed E-state index contributed by atoms with van der Waals surface area (Å²) in [6.07, 6.45) is 2.13. The van der Waals surface area contributed by atoms with Gasteiger partial charge in [0.25, 0.3) is 0 Å². The van der Waals surface area contributed by atoms with Gasteiger partial charge < -0.3 is 5.32 Å². The topological polar surface area (TPSA) is 24.9 Å². The number of rotatable bonds is 5. The Hall–Kier alpha value is -1.52. The van der Waals surface area contributed by atoms with Gasteiger partial charge in [0.15, 0.2) is 0 Å². The van der Waals surface area contributed by atoms with Crippen molar-refractivity contribution in [3.05, 3.63) is 46.7 Å². The number of hydrogen-bond donors (Lipinski definition) is 1. The van der Waals surface area contributed by atoms with Gasteiger partial charge in [0.05, 0.1) is 5.69 Å². The van der Waals surface area contributed by atoms with Gasteiger partial charge in [0.1, 0.15) is 10.8 Å². The van der Waals surface area contributed by atoms with Gasteiger partial charge in [-0.15, -0.1) is 11.3 Å². The average Bonchev–Trinajstić information content (AvgIpc) is 2.87. The van der Waals surface area contributed by atoms with Gasteiger partial charge in [-0.05, 0) is 43.3 Å². The highest BCUT2D eigenvalue weighted by Gasteiger charge is 2.06. The van der Waals surface area contributed by atoms with Crippen LogP contribution in [0.1, 0.15) is 19.5 Å². The van der Waals surface area contributed by atoms with Gasteiger partial charge in [-0.1, -0.05) is 19.4 Å². The molecule has 0 unspecified atom stereocenters. The Morgan fingerprint density at radius 2 is 2.05 bits per heavy atom. The first-order valence-corrected chi connectivity index (χ1v) is 7.54. The van der Waals surface area contributed by atoms with E-state index in [1.165, 1.54) is 17.7 Å². The molecule has 0 aliphatic heterocycles. The van der Waals surface area contributed by atoms with Crippen molar-refractivity contribution in [3.63, 3.8) is 0 Å². The maximum Gasteiger partial charge on any atom is 0.124 e. The molecular weight excluding hydrogens is 271 g/mol. The SMILES string of the molecule is CNCC(=Cc1csc(-c2ccc(F)cc2)n1)C(C)C. The Morgan fingerprint density at radius 1 is 1.35 bits per heavy atom. The Kier molecular flexibility index (Phi) is 5.04. The molecule has 2 rings (SSSR count). The number of thiazole rings is 1. The fraction of sp³-hybridized carbons (Fsp3) is 0.312. The van der Waals surface area contributed by atoms with Crippen molar-refractivity contribution in [2.75, 3.05) is 13.6 Å². The van der Waals surface area contributed by atoms with E-state index in [0.717, 1.165) is 22.8 Å². The van der Waals surface area contributed by atoms with E-state index in [0.29, 0.717) is 5.92 Å². The molecule has 20 heavy (non-hydrogen) atoms. The van der Waals surface area contributed by atoms with Gasteiger partial charge >= 0.3 is 0 Å². The Labute approximate surface area is 123 Å². The number of likely N-dealkylation sites (N-methyl/N-ethyl adjacent to an activating group) is 1. The standard InChI is InChI=1S/C16H19FN2S/c1-11(2)13(9-18-3)8-15-10-20-16(19-15)12-4-6-14(17)7-5-12/h4-8,10-11,18H,9H2,1-3H3. The first-order chi connectivity index (χ1) is 9.60. The summed E-state index contributed by atoms with van der Waals surface area (Å²) in [7, 11) is 1.95. The van der Waals surface area contributed by atoms with Crippen LogP contribution in [0.3, 0.4) is 0 Å². The molecule has 0 radical (unpaired) electrons. The van der Waals surface area contributed by atoms with Crippen molar-refractivity contribution < 1.29 is 4.39 Å². The highest BCUT2D eigenvalue weighted by atomic mass is 32.1. The smallest absolute Gasteiger partial charge is 0.124 e. The van der Waals surface area contributed by atoms with Gasteiger partial charge in [-0.2, -0.15) is 0 Å². The quantitative estimate of drug-likeness (QED) is 0.892. The zero-order chi connectivity index (χ0) is 14.5. The molecule has 1 N–H and O–H groups in total. The molecular formula is C16H19FN2S. The summed E-state index contributed by atoms with van der Waals surface area (Å²) in [6.45, 7) is 5.22. The zero-order valence-corrected chi connectivity index (χ0v) is 12.8. The highest BCUT2D eigenvalue weighted by molar-refractivity contribution is 7.13. The number of nitrogens with zero attached hydrogens (tertiary/aromatic N) is 1. The summed E-state index contributed by atoms with van der Waals surface area (Å²) in [4.78, 5) is 4.61. The third-order valence-electron chi connectivity index (χ3n) is 3.07. The molecule has 0 saturated heterocycles. The summed E-state index contributed by atoms with van der Waals surface area (Å²) in [5.41, 5.74) is 3.24. The predicted molar refractivity (Wildman–Crippen MR) is 84.2 cm³/mol. The van der Waals surface area contributed by atoms with Crippen LogP contribution in [-0.4, -0.2) is 18.6 Å². The molecule has 2 aromatic rings. The Morgan fingerprint density at radius 3 is 2.65 bits per heavy atom. The van der Waals surface area contributed by atoms with Crippen molar-refractivity contribution in [2.45, 2.75) is 13.8 Å². The first kappa shape index (κ1) is 14.9. The van der Waals surface area contributed by atoms with E-state index in [1.807, 2.05) is 12.4 Å². The zero-order valence-electron chi connectivity index (χ0n) is 12.0. The van der Waals surface area contributed by atoms with Crippen molar-refractivity contribution >= 4 is 17.4 Å². The van der Waals surface area contributed by atoms with Crippen LogP contribution in [0.15, 0.2) is 35.2 Å². The van der Waals surface area contributed by atoms with Crippen LogP contribution in [0.4, 0.5) is 4.39 Å². The molecule has 0 bridgehead atoms. The van der Waals surface area contributed by atoms with Crippen LogP contribution >= 0.6 is 11.3 Å². The number of hydrogen-bond acceptors (Lipinski definition) is 3. The number of benzene rings is 1. The molecule has 0 aliphatic carbocycles. The second-order valence-electron chi connectivity index (χ2n) is 4.99. The average molecular weight is 290 g/mol. The molecule has 1 aromatic heterocycles. The lowest BCUT2D eigenvalue weighted by molar-refractivity contribution is 0.628. The molecule has 0 aliphatic rings. The highest BCUT2D eigenvalue weighted by Crippen LogP contribution is 2.25. The Bertz CT molecular complexity index is 585. The van der Waals surface area contributed by atoms with Gasteiger partial charge in [-0.3, -0.25) is 0 Å². The number of halogens is 1. The van der Waals surface area contributed by atoms with Crippen LogP contribution in [0, 0.1) is 11.7 Å². The molecule has 0 saturated carbocycles. The van der Waals surface area contributed by atoms with Crippen molar-refractivity contribution in [1.82, 2.24) is 10.3 Å². The van der Waals surface area contributed by atoms with Crippen molar-refractivity contribution in [3.8, 4) is 10.6 Å². The van der Waals surface area contributed by atoms with E-state index in [1.54, 1.807) is 23.5 Å². The predicted octanol–water partition coefficient (Wildman–Crippen LogP) is 4.21. The lowest BCUT2D eigenvalue weighted by atomic mass is 10.0. The van der Waals surface area contributed by atoms with Crippen LogP contribution in [0.5, 0.6) is 0 Å². The molecule has 106 valence electrons. The number of aromatic nitrogens is 1. The second kappa shape index (κ2) is 6.77. The molecule has 4 heteroatoms. The van der Waals surface area contributed by atoms with Crippen molar-refractivity contribution in [1.29, 1.82) is 0 Å². The third kappa shape index (κ3) is 3.74. The fourth-order valence-corrected chi connectivity index (χ4v) is 2.68. The van der Waals surface area contributed by atoms with E-state index in [9.17, 15) is 4.39 Å². The van der Waals surface area contributed by atoms with Gasteiger partial charge in [0, 0.05) is 17.5 Å². The maximum absolute atomic E-state index is 12.9. The summed E-state index contributed by atoms with van der Waals surface area (Å²) in [5, 5.41) is 6.14. The normalized spacial score (nSPS) is 12.2. The van der Waals surface area contributed by atoms with Crippen LogP contribution in [0.25, 0.3) is 16.6 Å². The van der Waals surface area contributed by atoms with E-state index < -0.39 is 0 Å². The van der Waals surface area contributed by atoms with Gasteiger partial charge in [0.2, 0.25) is 0 Å². The van der Waals surface area contributed by atoms with Gasteiger partial charge in [-0.25, -0.2) is 9.37 Å². The lowest BCUT2D eigenvalue weighted by Crippen LogP contribution is -2.13. The van der Waals surface area contributed by atoms with Crippen LogP contribution in [-0.2, 0) is 0 Å². The van der Waals surface area contributed by atoms with E-state index in [-0.39, 0.29) is 5.82 Å². The molecule has 0 fully saturated rings. The molecule has 0 atom stereocenters. The lowest BCUT2D eigenvalue weighted by Gasteiger charge is -2.09. The molecule has 1 heterocycles. The summed E-state index contributed by atoms with van der Waals surface area (Å²) >= 11 is 1.58. The monoisotopic (exact) mass is 290 g/mol. The number of nitrogens with one attached hydrogen (secondary N) is 1. The molecule has 0 spiro atoms. The Balaban J connectivity index is 2.24. The fourth-order valence-electron chi connectivity index (χ4n) is 1.89.